The third-order valence-electron chi connectivity index (χ3n) is 10.9. The molecule has 1 saturated carbocycles. The van der Waals surface area contributed by atoms with Gasteiger partial charge in [-0.15, -0.1) is 0 Å². The van der Waals surface area contributed by atoms with Gasteiger partial charge in [-0.05, 0) is 95.7 Å². The molecule has 3 fully saturated rings. The first-order valence-electron chi connectivity index (χ1n) is 22.7. The molecule has 5 aromatic rings. The standard InChI is InChI=1S/C18H18ClFN4O2.C16H18ClFN4.C14H21ClN4O2/c1-2-18(25)24-7-3-4-12(10-24)23-16-9-17(22-11-21-16)26-13-5-6-15(20)14(19)8-13;17-13-8-12(6-7-14(13)18)22-16-9-15(19-10-20-16)21-11-4-2-1-3-5-11;1-14(2,3)21-13(20)19-6-4-5-10(8-19)18-12-7-11(15)16-9-17-12/h2,5-6,8-9,11-12H,1,3-4,7,10H2,(H,21,22,23);6-11H,1-5H2,(H2,19,20,21,22);7,9-10H,4-6,8H2,1-3H3,(H,16,17,18). The maximum atomic E-state index is 13.2. The van der Waals surface area contributed by atoms with Gasteiger partial charge in [-0.1, -0.05) is 60.6 Å². The van der Waals surface area contributed by atoms with E-state index in [0.29, 0.717) is 59.1 Å². The first kappa shape index (κ1) is 52.3. The molecule has 2 amide bonds. The molecule has 368 valence electrons. The number of carbonyl (C=O) groups excluding carboxylic acids is 2. The fourth-order valence-electron chi connectivity index (χ4n) is 7.66. The molecule has 2 aromatic carbocycles. The van der Waals surface area contributed by atoms with Crippen molar-refractivity contribution in [3.63, 3.8) is 0 Å². The highest BCUT2D eigenvalue weighted by Crippen LogP contribution is 2.28. The van der Waals surface area contributed by atoms with E-state index in [1.165, 1.54) is 87.5 Å². The number of likely N-dealkylation sites (tertiary alicyclic amines) is 2. The Labute approximate surface area is 416 Å². The third-order valence-corrected chi connectivity index (χ3v) is 11.7. The number of anilines is 5. The minimum atomic E-state index is -0.514. The second-order valence-electron chi connectivity index (χ2n) is 17.5. The van der Waals surface area contributed by atoms with Crippen LogP contribution in [-0.4, -0.2) is 102 Å². The molecule has 16 nitrogen and oxygen atoms in total. The lowest BCUT2D eigenvalue weighted by atomic mass is 9.95. The largest absolute Gasteiger partial charge is 0.444 e. The number of halogens is 5. The van der Waals surface area contributed by atoms with Gasteiger partial charge in [0.25, 0.3) is 0 Å². The van der Waals surface area contributed by atoms with Gasteiger partial charge in [0.15, 0.2) is 0 Å². The summed E-state index contributed by atoms with van der Waals surface area (Å²) in [4.78, 5) is 52.0. The lowest BCUT2D eigenvalue weighted by Crippen LogP contribution is -2.47. The quantitative estimate of drug-likeness (QED) is 0.0724. The van der Waals surface area contributed by atoms with Crippen molar-refractivity contribution in [2.24, 2.45) is 0 Å². The van der Waals surface area contributed by atoms with E-state index in [2.05, 4.69) is 57.7 Å². The molecular formula is C48H57Cl3F2N12O4. The van der Waals surface area contributed by atoms with Gasteiger partial charge >= 0.3 is 6.09 Å². The smallest absolute Gasteiger partial charge is 0.410 e. The normalized spacial score (nSPS) is 17.2. The molecule has 4 N–H and O–H groups in total. The van der Waals surface area contributed by atoms with Gasteiger partial charge in [-0.25, -0.2) is 43.5 Å². The zero-order valence-electron chi connectivity index (χ0n) is 38.7. The van der Waals surface area contributed by atoms with Crippen LogP contribution in [0.4, 0.5) is 42.5 Å². The molecule has 2 atom stereocenters. The van der Waals surface area contributed by atoms with Crippen molar-refractivity contribution >= 4 is 75.8 Å². The number of carbonyl (C=O) groups is 2. The summed E-state index contributed by atoms with van der Waals surface area (Å²) in [6.07, 6.45) is 15.3. The van der Waals surface area contributed by atoms with Gasteiger partial charge in [0.2, 0.25) is 11.8 Å². The molecule has 3 aliphatic rings. The van der Waals surface area contributed by atoms with Gasteiger partial charge < -0.3 is 40.5 Å². The number of piperidine rings is 2. The molecule has 0 radical (unpaired) electrons. The Hall–Kier alpha value is -6.11. The SMILES string of the molecule is C=CC(=O)N1CCCC(Nc2cc(Oc3ccc(F)c(Cl)c3)ncn2)C1.CC(C)(C)OC(=O)N1CCCC(Nc2cc(Cl)ncn2)C1.Fc1ccc(Nc2cc(NC3CCCCC3)ncn2)cc1Cl. The lowest BCUT2D eigenvalue weighted by Gasteiger charge is -2.34. The number of nitrogens with one attached hydrogen (secondary N) is 4. The molecule has 3 aromatic heterocycles. The zero-order valence-corrected chi connectivity index (χ0v) is 41.0. The predicted octanol–water partition coefficient (Wildman–Crippen LogP) is 11.3. The summed E-state index contributed by atoms with van der Waals surface area (Å²) in [6, 6.07) is 14.4. The van der Waals surface area contributed by atoms with Crippen LogP contribution in [0.2, 0.25) is 15.2 Å². The minimum absolute atomic E-state index is 0.0240. The number of rotatable bonds is 11. The number of ether oxygens (including phenoxy) is 2. The number of benzene rings is 2. The van der Waals surface area contributed by atoms with E-state index in [9.17, 15) is 18.4 Å². The van der Waals surface area contributed by atoms with Crippen LogP contribution in [0.1, 0.15) is 78.6 Å². The van der Waals surface area contributed by atoms with Crippen LogP contribution in [0.15, 0.2) is 86.2 Å². The Balaban J connectivity index is 0.000000171. The van der Waals surface area contributed by atoms with Crippen LogP contribution in [0, 0.1) is 11.6 Å². The van der Waals surface area contributed by atoms with Crippen LogP contribution in [0.3, 0.4) is 0 Å². The molecule has 2 unspecified atom stereocenters. The molecule has 2 aliphatic heterocycles. The first-order valence-corrected chi connectivity index (χ1v) is 23.9. The average Bonchev–Trinajstić information content (AvgIpc) is 3.32. The topological polar surface area (TPSA) is 185 Å². The van der Waals surface area contributed by atoms with Crippen molar-refractivity contribution in [3.8, 4) is 11.6 Å². The second-order valence-corrected chi connectivity index (χ2v) is 18.8. The van der Waals surface area contributed by atoms with Crippen LogP contribution in [0.25, 0.3) is 0 Å². The van der Waals surface area contributed by atoms with E-state index in [1.807, 2.05) is 26.8 Å². The number of amides is 2. The maximum absolute atomic E-state index is 13.2. The maximum Gasteiger partial charge on any atom is 0.410 e. The van der Waals surface area contributed by atoms with Crippen LogP contribution in [0.5, 0.6) is 11.6 Å². The zero-order chi connectivity index (χ0) is 49.3. The Morgan fingerprint density at radius 1 is 0.667 bits per heavy atom. The van der Waals surface area contributed by atoms with Crippen molar-refractivity contribution in [2.45, 2.75) is 102 Å². The first-order chi connectivity index (χ1) is 33.1. The van der Waals surface area contributed by atoms with E-state index in [4.69, 9.17) is 44.3 Å². The van der Waals surface area contributed by atoms with E-state index in [-0.39, 0.29) is 34.1 Å². The molecule has 2 saturated heterocycles. The lowest BCUT2D eigenvalue weighted by molar-refractivity contribution is -0.127. The monoisotopic (exact) mass is 1010 g/mol. The van der Waals surface area contributed by atoms with Crippen LogP contribution >= 0.6 is 34.8 Å². The minimum Gasteiger partial charge on any atom is -0.444 e. The van der Waals surface area contributed by atoms with Crippen molar-refractivity contribution in [3.05, 3.63) is 113 Å². The molecule has 1 aliphatic carbocycles. The van der Waals surface area contributed by atoms with Gasteiger partial charge in [-0.3, -0.25) is 4.79 Å². The predicted molar refractivity (Wildman–Crippen MR) is 266 cm³/mol. The van der Waals surface area contributed by atoms with Crippen molar-refractivity contribution < 1.29 is 27.8 Å². The highest BCUT2D eigenvalue weighted by Gasteiger charge is 2.28. The molecule has 0 bridgehead atoms. The fraction of sp³-hybridized carbons (Fsp3) is 0.417. The average molecular weight is 1010 g/mol. The number of hydrogen-bond donors (Lipinski definition) is 4. The summed E-state index contributed by atoms with van der Waals surface area (Å²) in [6.45, 7) is 11.8. The Morgan fingerprint density at radius 3 is 1.86 bits per heavy atom. The van der Waals surface area contributed by atoms with Crippen LogP contribution in [-0.2, 0) is 9.53 Å². The number of aromatic nitrogens is 6. The molecule has 5 heterocycles. The van der Waals surface area contributed by atoms with Crippen molar-refractivity contribution in [1.29, 1.82) is 0 Å². The van der Waals surface area contributed by atoms with E-state index in [1.54, 1.807) is 28.0 Å². The Morgan fingerprint density at radius 2 is 1.22 bits per heavy atom. The fourth-order valence-corrected chi connectivity index (χ4v) is 8.16. The highest BCUT2D eigenvalue weighted by molar-refractivity contribution is 6.31. The molecular weight excluding hydrogens is 953 g/mol. The van der Waals surface area contributed by atoms with E-state index >= 15 is 0 Å². The summed E-state index contributed by atoms with van der Waals surface area (Å²) < 4.78 is 37.4. The summed E-state index contributed by atoms with van der Waals surface area (Å²) in [5, 5.41) is 13.6. The van der Waals surface area contributed by atoms with E-state index in [0.717, 1.165) is 44.6 Å². The molecule has 8 rings (SSSR count). The summed E-state index contributed by atoms with van der Waals surface area (Å²) in [7, 11) is 0. The second kappa shape index (κ2) is 25.5. The molecule has 69 heavy (non-hydrogen) atoms. The van der Waals surface area contributed by atoms with Crippen molar-refractivity contribution in [1.82, 2.24) is 39.7 Å². The summed E-state index contributed by atoms with van der Waals surface area (Å²) >= 11 is 17.4. The summed E-state index contributed by atoms with van der Waals surface area (Å²) in [5.41, 5.74) is 0.214. The molecule has 0 spiro atoms. The van der Waals surface area contributed by atoms with E-state index < -0.39 is 17.2 Å². The van der Waals surface area contributed by atoms with Gasteiger partial charge in [0.1, 0.15) is 70.4 Å². The molecule has 21 heteroatoms. The highest BCUT2D eigenvalue weighted by atomic mass is 35.5. The summed E-state index contributed by atoms with van der Waals surface area (Å²) in [5.74, 6) is 2.37. The van der Waals surface area contributed by atoms with Crippen LogP contribution < -0.4 is 26.0 Å². The van der Waals surface area contributed by atoms with Crippen molar-refractivity contribution in [2.75, 3.05) is 47.4 Å². The number of hydrogen-bond acceptors (Lipinski definition) is 14. The Bertz CT molecular complexity index is 2500. The van der Waals surface area contributed by atoms with Gasteiger partial charge in [0.05, 0.1) is 10.0 Å². The Kier molecular flexibility index (Phi) is 19.3. The third kappa shape index (κ3) is 17.4. The van der Waals surface area contributed by atoms with Gasteiger partial charge in [-0.2, -0.15) is 0 Å². The number of nitrogens with zero attached hydrogens (tertiary/aromatic N) is 8. The van der Waals surface area contributed by atoms with Gasteiger partial charge in [0, 0.05) is 74.3 Å².